The van der Waals surface area contributed by atoms with Gasteiger partial charge in [-0.15, -0.1) is 0 Å². The Bertz CT molecular complexity index is 58.4. The van der Waals surface area contributed by atoms with Crippen molar-refractivity contribution in [3.63, 3.8) is 0 Å². The van der Waals surface area contributed by atoms with Gasteiger partial charge in [0.05, 0.1) is 0 Å². The molecule has 0 saturated carbocycles. The molecule has 0 atom stereocenters. The second-order valence-electron chi connectivity index (χ2n) is 1.36. The molecule has 1 nitrogen and oxygen atoms in total. The second-order valence-corrected chi connectivity index (χ2v) is 16.7. The zero-order valence-corrected chi connectivity index (χ0v) is 8.45. The van der Waals surface area contributed by atoms with Gasteiger partial charge in [-0.3, -0.25) is 0 Å². The Morgan fingerprint density at radius 1 is 1.14 bits per heavy atom. The van der Waals surface area contributed by atoms with Crippen LogP contribution in [0.1, 0.15) is 0 Å². The van der Waals surface area contributed by atoms with Gasteiger partial charge in [-0.25, -0.2) is 0 Å². The zero-order chi connectivity index (χ0) is 6.08. The van der Waals surface area contributed by atoms with Crippen LogP contribution in [0.5, 0.6) is 0 Å². The molecule has 0 saturated heterocycles. The van der Waals surface area contributed by atoms with E-state index in [-0.39, 0.29) is 0 Å². The summed E-state index contributed by atoms with van der Waals surface area (Å²) >= 11 is 0. The maximum atomic E-state index is 5.51. The van der Waals surface area contributed by atoms with Crippen LogP contribution >= 0.6 is 30.0 Å². The van der Waals surface area contributed by atoms with Gasteiger partial charge in [0.15, 0.2) is 0 Å². The minimum absolute atomic E-state index is 1.67. The van der Waals surface area contributed by atoms with Crippen molar-refractivity contribution in [2.24, 2.45) is 0 Å². The van der Waals surface area contributed by atoms with E-state index in [1.165, 1.54) is 0 Å². The molecule has 0 radical (unpaired) electrons. The Hall–Kier alpha value is 1.37. The third-order valence-corrected chi connectivity index (χ3v) is 7.90. The molecule has 0 aromatic rings. The van der Waals surface area contributed by atoms with Crippen LogP contribution in [0.15, 0.2) is 0 Å². The van der Waals surface area contributed by atoms with Crippen LogP contribution in [0.25, 0.3) is 0 Å². The van der Waals surface area contributed by atoms with E-state index in [0.29, 0.717) is 0 Å². The Morgan fingerprint density at radius 3 is 1.29 bits per heavy atom. The Morgan fingerprint density at radius 2 is 1.29 bits per heavy atom. The van der Waals surface area contributed by atoms with E-state index in [2.05, 4.69) is 0 Å². The molecule has 0 spiro atoms. The number of hydrogen-bond donors (Lipinski definition) is 0. The van der Waals surface area contributed by atoms with Crippen LogP contribution in [0.4, 0.5) is 0 Å². The normalized spacial score (nSPS) is 12.9. The average Bonchev–Trinajstić information content (AvgIpc) is 1.31. The number of nitrogens with zero attached hydrogens (tertiary/aromatic N) is 1. The molecule has 0 amide bonds. The number of hydrogen-bond acceptors (Lipinski definition) is 1. The van der Waals surface area contributed by atoms with Crippen molar-refractivity contribution < 1.29 is 0 Å². The molecule has 44 valence electrons. The molecule has 0 unspecified atom stereocenters. The first-order valence-corrected chi connectivity index (χ1v) is 10.9. The van der Waals surface area contributed by atoms with Gasteiger partial charge in [-0.05, 0) is 0 Å². The quantitative estimate of drug-likeness (QED) is 0.611. The molecule has 0 aromatic carbocycles. The summed E-state index contributed by atoms with van der Waals surface area (Å²) in [5.74, 6) is 0. The molecule has 0 aromatic heterocycles. The Kier molecular flexibility index (Phi) is 3.33. The topological polar surface area (TPSA) is 3.24 Å². The third kappa shape index (κ3) is 3.92. The van der Waals surface area contributed by atoms with Gasteiger partial charge in [-0.1, -0.05) is 0 Å². The molecule has 0 fully saturated rings. The molecule has 0 rings (SSSR count). The van der Waals surface area contributed by atoms with Crippen molar-refractivity contribution in [2.45, 2.75) is 0 Å². The number of halogens is 3. The first-order valence-electron chi connectivity index (χ1n) is 1.68. The summed E-state index contributed by atoms with van der Waals surface area (Å²) in [5, 5.41) is 0. The second kappa shape index (κ2) is 2.78. The van der Waals surface area contributed by atoms with Crippen molar-refractivity contribution in [3.8, 4) is 0 Å². The van der Waals surface area contributed by atoms with E-state index in [0.717, 1.165) is 0 Å². The van der Waals surface area contributed by atoms with Crippen molar-refractivity contribution in [1.82, 2.24) is 3.86 Å². The Balaban J connectivity index is 3.54. The fraction of sp³-hybridized carbons (Fsp3) is 1.00. The summed E-state index contributed by atoms with van der Waals surface area (Å²) in [6.45, 7) is 0. The first-order chi connectivity index (χ1) is 2.94. The van der Waals surface area contributed by atoms with E-state index >= 15 is 0 Å². The van der Waals surface area contributed by atoms with Gasteiger partial charge >= 0.3 is 58.7 Å². The molecule has 0 bridgehead atoms. The molecule has 0 aliphatic rings. The number of rotatable bonds is 1. The van der Waals surface area contributed by atoms with E-state index in [4.69, 9.17) is 30.0 Å². The van der Waals surface area contributed by atoms with Gasteiger partial charge in [0.1, 0.15) is 0 Å². The van der Waals surface area contributed by atoms with Crippen LogP contribution in [-0.4, -0.2) is 28.7 Å². The first kappa shape index (κ1) is 8.37. The van der Waals surface area contributed by atoms with E-state index in [1.807, 2.05) is 0 Å². The van der Waals surface area contributed by atoms with Gasteiger partial charge < -0.3 is 0 Å². The molecular weight excluding hydrogens is 217 g/mol. The van der Waals surface area contributed by atoms with Crippen LogP contribution in [0, 0.1) is 0 Å². The maximum absolute atomic E-state index is 5.51. The fourth-order valence-corrected chi connectivity index (χ4v) is 0. The molecule has 7 heavy (non-hydrogen) atoms. The summed E-state index contributed by atoms with van der Waals surface area (Å²) in [6.07, 6.45) is 0. The van der Waals surface area contributed by atoms with Crippen molar-refractivity contribution in [3.05, 3.63) is 0 Å². The molecule has 0 N–H and O–H groups in total. The third-order valence-electron chi connectivity index (χ3n) is 0.507. The van der Waals surface area contributed by atoms with Crippen molar-refractivity contribution >= 4 is 40.7 Å². The average molecular weight is 223 g/mol. The van der Waals surface area contributed by atoms with Gasteiger partial charge in [0.2, 0.25) is 0 Å². The van der Waals surface area contributed by atoms with Crippen LogP contribution in [0.3, 0.4) is 0 Å². The minimum atomic E-state index is -2.92. The van der Waals surface area contributed by atoms with Crippen molar-refractivity contribution in [2.75, 3.05) is 14.1 Å². The van der Waals surface area contributed by atoms with Gasteiger partial charge in [0.25, 0.3) is 0 Å². The fourth-order valence-electron chi connectivity index (χ4n) is 0. The SMILES string of the molecule is C[N](C)[Ge]([Cl])([Cl])[Cl]. The predicted octanol–water partition coefficient (Wildman–Crippen LogP) is 1.70. The molecular formula is C2H6Cl3GeN. The summed E-state index contributed by atoms with van der Waals surface area (Å²) < 4.78 is 1.67. The summed E-state index contributed by atoms with van der Waals surface area (Å²) in [4.78, 5) is 0. The Labute approximate surface area is 58.7 Å². The van der Waals surface area contributed by atoms with Gasteiger partial charge in [-0.2, -0.15) is 0 Å². The van der Waals surface area contributed by atoms with Gasteiger partial charge in [0, 0.05) is 0 Å². The van der Waals surface area contributed by atoms with Crippen LogP contribution in [0.2, 0.25) is 0 Å². The predicted molar refractivity (Wildman–Crippen MR) is 37.0 cm³/mol. The molecule has 0 aliphatic carbocycles. The monoisotopic (exact) mass is 223 g/mol. The molecule has 0 heterocycles. The van der Waals surface area contributed by atoms with Crippen LogP contribution < -0.4 is 0 Å². The summed E-state index contributed by atoms with van der Waals surface area (Å²) in [5.41, 5.74) is 0. The zero-order valence-electron chi connectivity index (χ0n) is 4.08. The van der Waals surface area contributed by atoms with Crippen LogP contribution in [-0.2, 0) is 0 Å². The summed E-state index contributed by atoms with van der Waals surface area (Å²) in [6, 6.07) is 0. The molecule has 0 aliphatic heterocycles. The summed E-state index contributed by atoms with van der Waals surface area (Å²) in [7, 11) is 17.2. The molecule has 5 heteroatoms. The standard InChI is InChI=1S/C2H6Cl3GeN/c1-7(2)6(3,4)5/h1-2H3. The van der Waals surface area contributed by atoms with E-state index in [1.54, 1.807) is 18.0 Å². The van der Waals surface area contributed by atoms with E-state index in [9.17, 15) is 0 Å². The van der Waals surface area contributed by atoms with Crippen molar-refractivity contribution in [1.29, 1.82) is 0 Å². The van der Waals surface area contributed by atoms with E-state index < -0.39 is 10.7 Å².